The summed E-state index contributed by atoms with van der Waals surface area (Å²) in [5.74, 6) is 0. The molecule has 0 saturated carbocycles. The largest absolute Gasteiger partial charge is 0.396 e. The molecule has 0 unspecified atom stereocenters. The second kappa shape index (κ2) is 5.45. The second-order valence-corrected chi connectivity index (χ2v) is 2.32. The summed E-state index contributed by atoms with van der Waals surface area (Å²) in [6, 6.07) is 0. The Morgan fingerprint density at radius 2 is 1.45 bits per heavy atom. The van der Waals surface area contributed by atoms with Crippen LogP contribution in [0.2, 0.25) is 0 Å². The van der Waals surface area contributed by atoms with Gasteiger partial charge in [-0.1, -0.05) is 0 Å². The molecule has 5 nitrogen and oxygen atoms in total. The van der Waals surface area contributed by atoms with Gasteiger partial charge in [-0.3, -0.25) is 0 Å². The summed E-state index contributed by atoms with van der Waals surface area (Å²) in [4.78, 5) is 0. The fraction of sp³-hybridized carbons (Fsp3) is 1.00. The molecule has 0 heterocycles. The highest BCUT2D eigenvalue weighted by molar-refractivity contribution is 4.73. The van der Waals surface area contributed by atoms with Crippen molar-refractivity contribution in [3.63, 3.8) is 0 Å². The van der Waals surface area contributed by atoms with Crippen molar-refractivity contribution < 1.29 is 25.5 Å². The average Bonchev–Trinajstić information content (AvgIpc) is 2.02. The van der Waals surface area contributed by atoms with E-state index in [0.29, 0.717) is 0 Å². The first-order valence-electron chi connectivity index (χ1n) is 3.39. The third-order valence-electron chi connectivity index (χ3n) is 1.40. The van der Waals surface area contributed by atoms with Crippen molar-refractivity contribution in [1.29, 1.82) is 0 Å². The highest BCUT2D eigenvalue weighted by Gasteiger charge is 2.22. The van der Waals surface area contributed by atoms with Crippen LogP contribution < -0.4 is 0 Å². The Bertz CT molecular complexity index is 97.0. The van der Waals surface area contributed by atoms with Crippen molar-refractivity contribution in [2.75, 3.05) is 13.2 Å². The van der Waals surface area contributed by atoms with Crippen molar-refractivity contribution >= 4 is 0 Å². The Morgan fingerprint density at radius 3 is 1.82 bits per heavy atom. The van der Waals surface area contributed by atoms with Gasteiger partial charge in [-0.25, -0.2) is 0 Å². The third kappa shape index (κ3) is 3.64. The van der Waals surface area contributed by atoms with E-state index in [1.165, 1.54) is 0 Å². The minimum Gasteiger partial charge on any atom is -0.396 e. The Kier molecular flexibility index (Phi) is 5.35. The van der Waals surface area contributed by atoms with Gasteiger partial charge in [0.15, 0.2) is 0 Å². The topological polar surface area (TPSA) is 101 Å². The molecule has 3 atom stereocenters. The molecule has 0 rings (SSSR count). The summed E-state index contributed by atoms with van der Waals surface area (Å²) in [5, 5.41) is 43.3. The molecule has 0 spiro atoms. The van der Waals surface area contributed by atoms with Crippen LogP contribution in [0, 0.1) is 0 Å². The van der Waals surface area contributed by atoms with Crippen molar-refractivity contribution in [2.24, 2.45) is 0 Å². The van der Waals surface area contributed by atoms with Crippen LogP contribution in [-0.4, -0.2) is 57.1 Å². The van der Waals surface area contributed by atoms with Gasteiger partial charge >= 0.3 is 0 Å². The molecule has 5 N–H and O–H groups in total. The lowest BCUT2D eigenvalue weighted by Gasteiger charge is -2.20. The van der Waals surface area contributed by atoms with Crippen LogP contribution in [0.4, 0.5) is 0 Å². The van der Waals surface area contributed by atoms with E-state index >= 15 is 0 Å². The highest BCUT2D eigenvalue weighted by Crippen LogP contribution is 2.02. The van der Waals surface area contributed by atoms with Gasteiger partial charge < -0.3 is 25.5 Å². The van der Waals surface area contributed by atoms with E-state index in [2.05, 4.69) is 0 Å². The summed E-state index contributed by atoms with van der Waals surface area (Å²) in [6.07, 6.45) is -3.95. The zero-order valence-corrected chi connectivity index (χ0v) is 6.09. The maximum absolute atomic E-state index is 8.95. The summed E-state index contributed by atoms with van der Waals surface area (Å²) >= 11 is 0. The molecule has 0 fully saturated rings. The normalized spacial score (nSPS) is 19.4. The predicted octanol–water partition coefficient (Wildman–Crippen LogP) is -2.56. The Morgan fingerprint density at radius 1 is 0.909 bits per heavy atom. The molecule has 68 valence electrons. The first-order valence-corrected chi connectivity index (χ1v) is 3.39. The van der Waals surface area contributed by atoms with Crippen molar-refractivity contribution in [1.82, 2.24) is 0 Å². The molecule has 0 saturated heterocycles. The van der Waals surface area contributed by atoms with Crippen LogP contribution in [0.1, 0.15) is 6.42 Å². The van der Waals surface area contributed by atoms with E-state index < -0.39 is 24.9 Å². The summed E-state index contributed by atoms with van der Waals surface area (Å²) < 4.78 is 0. The molecule has 0 amide bonds. The van der Waals surface area contributed by atoms with Gasteiger partial charge in [0.05, 0.1) is 12.7 Å². The van der Waals surface area contributed by atoms with Crippen molar-refractivity contribution in [3.05, 3.63) is 0 Å². The summed E-state index contributed by atoms with van der Waals surface area (Å²) in [7, 11) is 0. The quantitative estimate of drug-likeness (QED) is 0.309. The molecule has 5 heteroatoms. The Balaban J connectivity index is 3.70. The third-order valence-corrected chi connectivity index (χ3v) is 1.40. The number of aliphatic hydroxyl groups excluding tert-OH is 5. The van der Waals surface area contributed by atoms with Gasteiger partial charge in [0.2, 0.25) is 0 Å². The van der Waals surface area contributed by atoms with Crippen LogP contribution >= 0.6 is 0 Å². The van der Waals surface area contributed by atoms with Gasteiger partial charge in [0.25, 0.3) is 0 Å². The molecule has 0 aliphatic heterocycles. The summed E-state index contributed by atoms with van der Waals surface area (Å²) in [6.45, 7) is -0.875. The average molecular weight is 166 g/mol. The molecule has 11 heavy (non-hydrogen) atoms. The fourth-order valence-corrected chi connectivity index (χ4v) is 0.667. The van der Waals surface area contributed by atoms with Crippen molar-refractivity contribution in [3.8, 4) is 0 Å². The van der Waals surface area contributed by atoms with Gasteiger partial charge in [0.1, 0.15) is 12.2 Å². The predicted molar refractivity (Wildman–Crippen MR) is 36.8 cm³/mol. The lowest BCUT2D eigenvalue weighted by molar-refractivity contribution is -0.0813. The number of aliphatic hydroxyl groups is 5. The van der Waals surface area contributed by atoms with Gasteiger partial charge in [-0.2, -0.15) is 0 Å². The van der Waals surface area contributed by atoms with Crippen LogP contribution in [0.15, 0.2) is 0 Å². The minimum absolute atomic E-state index is 0.0156. The fourth-order valence-electron chi connectivity index (χ4n) is 0.667. The van der Waals surface area contributed by atoms with Gasteiger partial charge in [0, 0.05) is 6.61 Å². The highest BCUT2D eigenvalue weighted by atomic mass is 16.4. The van der Waals surface area contributed by atoms with Crippen molar-refractivity contribution in [2.45, 2.75) is 24.7 Å². The van der Waals surface area contributed by atoms with E-state index in [1.807, 2.05) is 0 Å². The van der Waals surface area contributed by atoms with Crippen LogP contribution in [0.3, 0.4) is 0 Å². The van der Waals surface area contributed by atoms with Crippen LogP contribution in [-0.2, 0) is 0 Å². The zero-order chi connectivity index (χ0) is 8.85. The molecule has 0 aromatic rings. The minimum atomic E-state index is -1.40. The van der Waals surface area contributed by atoms with Gasteiger partial charge in [-0.15, -0.1) is 0 Å². The molecule has 0 aliphatic rings. The van der Waals surface area contributed by atoms with Crippen LogP contribution in [0.5, 0.6) is 0 Å². The number of rotatable bonds is 5. The number of hydrogen-bond acceptors (Lipinski definition) is 5. The van der Waals surface area contributed by atoms with E-state index in [9.17, 15) is 0 Å². The van der Waals surface area contributed by atoms with E-state index in [1.54, 1.807) is 0 Å². The Labute approximate surface area is 64.5 Å². The lowest BCUT2D eigenvalue weighted by Crippen LogP contribution is -2.39. The molecular formula is C6H14O5. The first kappa shape index (κ1) is 10.8. The maximum Gasteiger partial charge on any atom is 0.108 e. The lowest BCUT2D eigenvalue weighted by atomic mass is 10.1. The molecule has 0 bridgehead atoms. The number of hydrogen-bond donors (Lipinski definition) is 5. The molecule has 0 radical (unpaired) electrons. The second-order valence-electron chi connectivity index (χ2n) is 2.32. The molecule has 0 aromatic heterocycles. The zero-order valence-electron chi connectivity index (χ0n) is 6.09. The van der Waals surface area contributed by atoms with E-state index in [4.69, 9.17) is 25.5 Å². The first-order chi connectivity index (χ1) is 5.13. The monoisotopic (exact) mass is 166 g/mol. The molecular weight excluding hydrogens is 152 g/mol. The van der Waals surface area contributed by atoms with E-state index in [0.717, 1.165) is 0 Å². The standard InChI is InChI=1S/C6H14O5/c7-2-1-4(9)6(11)5(10)3-8/h4-11H,1-3H2/t4-,5-,6+/m0/s1. The van der Waals surface area contributed by atoms with Gasteiger partial charge in [-0.05, 0) is 6.42 Å². The van der Waals surface area contributed by atoms with Crippen LogP contribution in [0.25, 0.3) is 0 Å². The molecule has 0 aromatic carbocycles. The maximum atomic E-state index is 8.95. The Hall–Kier alpha value is -0.200. The van der Waals surface area contributed by atoms with E-state index in [-0.39, 0.29) is 13.0 Å². The summed E-state index contributed by atoms with van der Waals surface area (Å²) in [5.41, 5.74) is 0. The SMILES string of the molecule is OCC[C@H](O)[C@@H](O)[C@@H](O)CO. The smallest absolute Gasteiger partial charge is 0.108 e. The molecule has 0 aliphatic carbocycles.